The van der Waals surface area contributed by atoms with Crippen LogP contribution in [0.15, 0.2) is 24.3 Å². The van der Waals surface area contributed by atoms with Gasteiger partial charge < -0.3 is 11.1 Å². The first-order valence-corrected chi connectivity index (χ1v) is 5.29. The molecule has 0 aliphatic rings. The fourth-order valence-corrected chi connectivity index (χ4v) is 1.31. The van der Waals surface area contributed by atoms with Gasteiger partial charge in [0, 0.05) is 30.6 Å². The number of amides is 1. The number of rotatable bonds is 6. The Hall–Kier alpha value is -1.84. The van der Waals surface area contributed by atoms with Gasteiger partial charge in [0.15, 0.2) is 5.78 Å². The lowest BCUT2D eigenvalue weighted by molar-refractivity contribution is -0.117. The molecule has 0 bridgehead atoms. The van der Waals surface area contributed by atoms with Crippen LogP contribution >= 0.6 is 0 Å². The third kappa shape index (κ3) is 3.73. The first-order valence-electron chi connectivity index (χ1n) is 5.29. The summed E-state index contributed by atoms with van der Waals surface area (Å²) in [6.07, 6.45) is 0.810. The van der Waals surface area contributed by atoms with Gasteiger partial charge in [0.1, 0.15) is 0 Å². The molecule has 0 saturated heterocycles. The zero-order valence-corrected chi connectivity index (χ0v) is 9.32. The van der Waals surface area contributed by atoms with Crippen molar-refractivity contribution in [2.75, 3.05) is 11.9 Å². The molecule has 86 valence electrons. The van der Waals surface area contributed by atoms with E-state index in [2.05, 4.69) is 5.32 Å². The standard InChI is InChI=1S/C12H16N2O2/c1-2-11(15)9-3-5-10(6-4-9)14-8-7-12(13)16/h3-6,14H,2,7-8H2,1H3,(H2,13,16). The third-order valence-electron chi connectivity index (χ3n) is 2.23. The van der Waals surface area contributed by atoms with E-state index in [0.29, 0.717) is 24.9 Å². The van der Waals surface area contributed by atoms with Crippen LogP contribution in [0.5, 0.6) is 0 Å². The van der Waals surface area contributed by atoms with E-state index in [-0.39, 0.29) is 11.7 Å². The van der Waals surface area contributed by atoms with Crippen LogP contribution in [-0.2, 0) is 4.79 Å². The monoisotopic (exact) mass is 220 g/mol. The molecule has 0 aliphatic heterocycles. The van der Waals surface area contributed by atoms with Gasteiger partial charge in [0.05, 0.1) is 0 Å². The van der Waals surface area contributed by atoms with Gasteiger partial charge in [-0.1, -0.05) is 6.92 Å². The highest BCUT2D eigenvalue weighted by Crippen LogP contribution is 2.10. The summed E-state index contributed by atoms with van der Waals surface area (Å²) in [4.78, 5) is 21.9. The minimum atomic E-state index is -0.328. The van der Waals surface area contributed by atoms with Crippen molar-refractivity contribution < 1.29 is 9.59 Å². The number of Topliss-reactive ketones (excluding diaryl/α,β-unsaturated/α-hetero) is 1. The van der Waals surface area contributed by atoms with Crippen LogP contribution in [0.25, 0.3) is 0 Å². The summed E-state index contributed by atoms with van der Waals surface area (Å²) in [5.74, 6) is -0.200. The summed E-state index contributed by atoms with van der Waals surface area (Å²) in [7, 11) is 0. The van der Waals surface area contributed by atoms with Gasteiger partial charge in [-0.3, -0.25) is 9.59 Å². The quantitative estimate of drug-likeness (QED) is 0.715. The molecule has 0 heterocycles. The van der Waals surface area contributed by atoms with Crippen LogP contribution in [0.1, 0.15) is 30.1 Å². The third-order valence-corrected chi connectivity index (χ3v) is 2.23. The van der Waals surface area contributed by atoms with E-state index in [1.165, 1.54) is 0 Å². The van der Waals surface area contributed by atoms with Crippen LogP contribution in [0.4, 0.5) is 5.69 Å². The molecule has 0 atom stereocenters. The number of carbonyl (C=O) groups is 2. The van der Waals surface area contributed by atoms with Crippen molar-refractivity contribution in [3.63, 3.8) is 0 Å². The molecule has 1 rings (SSSR count). The van der Waals surface area contributed by atoms with Gasteiger partial charge >= 0.3 is 0 Å². The summed E-state index contributed by atoms with van der Waals surface area (Å²) in [6, 6.07) is 7.20. The number of nitrogens with two attached hydrogens (primary N) is 1. The fourth-order valence-electron chi connectivity index (χ4n) is 1.31. The lowest BCUT2D eigenvalue weighted by Gasteiger charge is -2.05. The Morgan fingerprint density at radius 1 is 1.25 bits per heavy atom. The molecule has 1 aromatic rings. The predicted molar refractivity (Wildman–Crippen MR) is 63.4 cm³/mol. The highest BCUT2D eigenvalue weighted by molar-refractivity contribution is 5.96. The van der Waals surface area contributed by atoms with Crippen molar-refractivity contribution in [3.05, 3.63) is 29.8 Å². The topological polar surface area (TPSA) is 72.2 Å². The molecule has 0 aromatic heterocycles. The first-order chi connectivity index (χ1) is 7.63. The molecule has 0 saturated carbocycles. The highest BCUT2D eigenvalue weighted by atomic mass is 16.1. The Balaban J connectivity index is 2.51. The lowest BCUT2D eigenvalue weighted by Crippen LogP contribution is -2.15. The van der Waals surface area contributed by atoms with Crippen molar-refractivity contribution in [1.29, 1.82) is 0 Å². The number of hydrogen-bond donors (Lipinski definition) is 2. The molecule has 16 heavy (non-hydrogen) atoms. The van der Waals surface area contributed by atoms with Crippen LogP contribution in [0.3, 0.4) is 0 Å². The fraction of sp³-hybridized carbons (Fsp3) is 0.333. The summed E-state index contributed by atoms with van der Waals surface area (Å²) in [5, 5.41) is 3.05. The Kier molecular flexibility index (Phi) is 4.51. The molecule has 0 fully saturated rings. The summed E-state index contributed by atoms with van der Waals surface area (Å²) in [5.41, 5.74) is 6.61. The van der Waals surface area contributed by atoms with E-state index in [1.54, 1.807) is 12.1 Å². The molecule has 1 aromatic carbocycles. The maximum Gasteiger partial charge on any atom is 0.219 e. The van der Waals surface area contributed by atoms with Gasteiger partial charge in [0.2, 0.25) is 5.91 Å². The Bertz CT molecular complexity index is 371. The minimum Gasteiger partial charge on any atom is -0.385 e. The lowest BCUT2D eigenvalue weighted by atomic mass is 10.1. The summed E-state index contributed by atoms with van der Waals surface area (Å²) >= 11 is 0. The van der Waals surface area contributed by atoms with Gasteiger partial charge in [-0.25, -0.2) is 0 Å². The Morgan fingerprint density at radius 3 is 2.38 bits per heavy atom. The molecule has 0 aliphatic carbocycles. The number of hydrogen-bond acceptors (Lipinski definition) is 3. The van der Waals surface area contributed by atoms with E-state index in [9.17, 15) is 9.59 Å². The average Bonchev–Trinajstić information content (AvgIpc) is 2.28. The molecule has 4 nitrogen and oxygen atoms in total. The van der Waals surface area contributed by atoms with Crippen molar-refractivity contribution in [2.45, 2.75) is 19.8 Å². The molecule has 1 amide bonds. The predicted octanol–water partition coefficient (Wildman–Crippen LogP) is 1.57. The SMILES string of the molecule is CCC(=O)c1ccc(NCCC(N)=O)cc1. The van der Waals surface area contributed by atoms with E-state index in [1.807, 2.05) is 19.1 Å². The zero-order chi connectivity index (χ0) is 12.0. The Morgan fingerprint density at radius 2 is 1.88 bits per heavy atom. The van der Waals surface area contributed by atoms with E-state index >= 15 is 0 Å². The number of benzene rings is 1. The van der Waals surface area contributed by atoms with E-state index in [4.69, 9.17) is 5.73 Å². The normalized spacial score (nSPS) is 9.81. The molecule has 0 radical (unpaired) electrons. The van der Waals surface area contributed by atoms with Gasteiger partial charge in [-0.2, -0.15) is 0 Å². The molecular weight excluding hydrogens is 204 g/mol. The van der Waals surface area contributed by atoms with Gasteiger partial charge in [0.25, 0.3) is 0 Å². The van der Waals surface area contributed by atoms with Crippen LogP contribution in [0, 0.1) is 0 Å². The van der Waals surface area contributed by atoms with E-state index in [0.717, 1.165) is 5.69 Å². The first kappa shape index (κ1) is 12.2. The second kappa shape index (κ2) is 5.90. The average molecular weight is 220 g/mol. The molecule has 0 unspecified atom stereocenters. The molecule has 4 heteroatoms. The van der Waals surface area contributed by atoms with Crippen LogP contribution < -0.4 is 11.1 Å². The van der Waals surface area contributed by atoms with Gasteiger partial charge in [-0.15, -0.1) is 0 Å². The van der Waals surface area contributed by atoms with Crippen LogP contribution in [0.2, 0.25) is 0 Å². The van der Waals surface area contributed by atoms with Gasteiger partial charge in [-0.05, 0) is 24.3 Å². The van der Waals surface area contributed by atoms with Crippen molar-refractivity contribution in [3.8, 4) is 0 Å². The minimum absolute atomic E-state index is 0.128. The maximum absolute atomic E-state index is 11.3. The molecular formula is C12H16N2O2. The summed E-state index contributed by atoms with van der Waals surface area (Å²) in [6.45, 7) is 2.34. The number of nitrogens with one attached hydrogen (secondary N) is 1. The number of ketones is 1. The molecule has 0 spiro atoms. The molecule has 3 N–H and O–H groups in total. The summed E-state index contributed by atoms with van der Waals surface area (Å²) < 4.78 is 0. The second-order valence-electron chi connectivity index (χ2n) is 3.50. The second-order valence-corrected chi connectivity index (χ2v) is 3.50. The van der Waals surface area contributed by atoms with E-state index < -0.39 is 0 Å². The maximum atomic E-state index is 11.3. The van der Waals surface area contributed by atoms with Crippen molar-refractivity contribution >= 4 is 17.4 Å². The Labute approximate surface area is 94.8 Å². The smallest absolute Gasteiger partial charge is 0.219 e. The highest BCUT2D eigenvalue weighted by Gasteiger charge is 2.02. The number of carbonyl (C=O) groups excluding carboxylic acids is 2. The largest absolute Gasteiger partial charge is 0.385 e. The number of primary amides is 1. The van der Waals surface area contributed by atoms with Crippen LogP contribution in [-0.4, -0.2) is 18.2 Å². The number of anilines is 1. The zero-order valence-electron chi connectivity index (χ0n) is 9.32. The van der Waals surface area contributed by atoms with Crippen molar-refractivity contribution in [1.82, 2.24) is 0 Å². The van der Waals surface area contributed by atoms with Crippen molar-refractivity contribution in [2.24, 2.45) is 5.73 Å².